The molecule has 0 heterocycles. The number of hydrogen-bond acceptors (Lipinski definition) is 2. The Morgan fingerprint density at radius 1 is 1.32 bits per heavy atom. The normalized spacial score (nSPS) is 14.8. The van der Waals surface area contributed by atoms with Gasteiger partial charge in [-0.1, -0.05) is 66.4 Å². The van der Waals surface area contributed by atoms with Crippen molar-refractivity contribution in [2.24, 2.45) is 5.16 Å². The second-order valence-electron chi connectivity index (χ2n) is 4.29. The minimum atomic E-state index is 0.545. The summed E-state index contributed by atoms with van der Waals surface area (Å²) in [5.74, 6) is 0.545. The molecule has 0 aromatic heterocycles. The number of rotatable bonds is 4. The molecule has 2 heteroatoms. The van der Waals surface area contributed by atoms with Crippen LogP contribution in [0.4, 0.5) is 0 Å². The van der Waals surface area contributed by atoms with Crippen LogP contribution in [0.15, 0.2) is 77.5 Å². The zero-order valence-electron chi connectivity index (χ0n) is 11.0. The molecule has 0 spiro atoms. The zero-order chi connectivity index (χ0) is 13.5. The topological polar surface area (TPSA) is 21.6 Å². The Morgan fingerprint density at radius 3 is 2.89 bits per heavy atom. The van der Waals surface area contributed by atoms with Crippen molar-refractivity contribution in [3.63, 3.8) is 0 Å². The molecular weight excluding hydrogens is 234 g/mol. The SMILES string of the molecule is C=C(O/N=C/C1=CC=CCC=C1C)c1ccccc1. The molecule has 1 aliphatic carbocycles. The van der Waals surface area contributed by atoms with Crippen molar-refractivity contribution in [1.29, 1.82) is 0 Å². The Kier molecular flexibility index (Phi) is 4.51. The van der Waals surface area contributed by atoms with Crippen molar-refractivity contribution < 1.29 is 4.84 Å². The van der Waals surface area contributed by atoms with Crippen LogP contribution in [0.2, 0.25) is 0 Å². The number of oxime groups is 1. The lowest BCUT2D eigenvalue weighted by atomic mass is 10.1. The molecule has 1 aromatic rings. The van der Waals surface area contributed by atoms with Crippen molar-refractivity contribution in [2.75, 3.05) is 0 Å². The Balaban J connectivity index is 1.99. The molecule has 0 radical (unpaired) electrons. The van der Waals surface area contributed by atoms with Crippen LogP contribution in [0.25, 0.3) is 5.76 Å². The van der Waals surface area contributed by atoms with E-state index in [1.165, 1.54) is 5.57 Å². The summed E-state index contributed by atoms with van der Waals surface area (Å²) in [6, 6.07) is 9.72. The van der Waals surface area contributed by atoms with Gasteiger partial charge in [0.25, 0.3) is 0 Å². The van der Waals surface area contributed by atoms with E-state index in [4.69, 9.17) is 4.84 Å². The highest BCUT2D eigenvalue weighted by atomic mass is 16.6. The van der Waals surface area contributed by atoms with Crippen molar-refractivity contribution >= 4 is 12.0 Å². The third-order valence-corrected chi connectivity index (χ3v) is 2.88. The van der Waals surface area contributed by atoms with Gasteiger partial charge in [0, 0.05) is 5.56 Å². The fourth-order valence-electron chi connectivity index (χ4n) is 1.71. The molecule has 1 aliphatic rings. The lowest BCUT2D eigenvalue weighted by Crippen LogP contribution is -1.89. The predicted molar refractivity (Wildman–Crippen MR) is 80.7 cm³/mol. The van der Waals surface area contributed by atoms with Gasteiger partial charge in [0.1, 0.15) is 0 Å². The highest BCUT2D eigenvalue weighted by Crippen LogP contribution is 2.15. The average Bonchev–Trinajstić information content (AvgIpc) is 2.65. The van der Waals surface area contributed by atoms with Gasteiger partial charge in [0.05, 0.1) is 6.21 Å². The second-order valence-corrected chi connectivity index (χ2v) is 4.29. The van der Waals surface area contributed by atoms with Crippen LogP contribution < -0.4 is 0 Å². The van der Waals surface area contributed by atoms with E-state index in [-0.39, 0.29) is 0 Å². The predicted octanol–water partition coefficient (Wildman–Crippen LogP) is 4.49. The molecule has 0 saturated carbocycles. The van der Waals surface area contributed by atoms with Gasteiger partial charge in [-0.05, 0) is 24.5 Å². The van der Waals surface area contributed by atoms with Crippen LogP contribution in [0, 0.1) is 0 Å². The minimum absolute atomic E-state index is 0.545. The Labute approximate surface area is 114 Å². The highest BCUT2D eigenvalue weighted by molar-refractivity contribution is 5.84. The molecule has 0 fully saturated rings. The molecule has 0 atom stereocenters. The number of benzene rings is 1. The van der Waals surface area contributed by atoms with E-state index in [1.54, 1.807) is 6.21 Å². The molecule has 2 rings (SSSR count). The smallest absolute Gasteiger partial charge is 0.158 e. The van der Waals surface area contributed by atoms with Gasteiger partial charge in [-0.3, -0.25) is 0 Å². The Morgan fingerprint density at radius 2 is 2.11 bits per heavy atom. The van der Waals surface area contributed by atoms with Crippen molar-refractivity contribution in [1.82, 2.24) is 0 Å². The molecule has 0 N–H and O–H groups in total. The van der Waals surface area contributed by atoms with Crippen molar-refractivity contribution in [3.05, 3.63) is 77.9 Å². The maximum Gasteiger partial charge on any atom is 0.158 e. The summed E-state index contributed by atoms with van der Waals surface area (Å²) in [6.07, 6.45) is 11.0. The van der Waals surface area contributed by atoms with Crippen LogP contribution in [0.1, 0.15) is 18.9 Å². The molecular formula is C17H17NO. The van der Waals surface area contributed by atoms with Gasteiger partial charge in [0.15, 0.2) is 5.76 Å². The molecule has 19 heavy (non-hydrogen) atoms. The summed E-state index contributed by atoms with van der Waals surface area (Å²) in [5, 5.41) is 4.00. The molecule has 0 amide bonds. The fraction of sp³-hybridized carbons (Fsp3) is 0.118. The van der Waals surface area contributed by atoms with Crippen molar-refractivity contribution in [2.45, 2.75) is 13.3 Å². The van der Waals surface area contributed by atoms with Crippen molar-refractivity contribution in [3.8, 4) is 0 Å². The standard InChI is InChI=1S/C17H17NO/c1-14-9-5-3-8-12-17(14)13-18-19-15(2)16-10-6-4-7-11-16/h3-4,6-13H,2,5H2,1H3/b18-13+. The van der Waals surface area contributed by atoms with E-state index in [9.17, 15) is 0 Å². The monoisotopic (exact) mass is 251 g/mol. The Bertz CT molecular complexity index is 562. The van der Waals surface area contributed by atoms with Gasteiger partial charge in [0.2, 0.25) is 0 Å². The van der Waals surface area contributed by atoms with Gasteiger partial charge in [-0.15, -0.1) is 0 Å². The van der Waals surface area contributed by atoms with E-state index in [1.807, 2.05) is 42.5 Å². The fourth-order valence-corrected chi connectivity index (χ4v) is 1.71. The first-order chi connectivity index (χ1) is 9.27. The van der Waals surface area contributed by atoms with E-state index < -0.39 is 0 Å². The number of hydrogen-bond donors (Lipinski definition) is 0. The molecule has 96 valence electrons. The quantitative estimate of drug-likeness (QED) is 0.439. The molecule has 1 aromatic carbocycles. The number of nitrogens with zero attached hydrogens (tertiary/aromatic N) is 1. The first kappa shape index (κ1) is 13.1. The van der Waals surface area contributed by atoms with Gasteiger partial charge < -0.3 is 4.84 Å². The largest absolute Gasteiger partial charge is 0.357 e. The summed E-state index contributed by atoms with van der Waals surface area (Å²) in [4.78, 5) is 5.30. The molecule has 0 aliphatic heterocycles. The number of allylic oxidation sites excluding steroid dienone is 6. The Hall–Kier alpha value is -2.35. The van der Waals surface area contributed by atoms with Crippen LogP contribution in [0.3, 0.4) is 0 Å². The summed E-state index contributed by atoms with van der Waals surface area (Å²) in [7, 11) is 0. The lowest BCUT2D eigenvalue weighted by molar-refractivity contribution is 0.301. The summed E-state index contributed by atoms with van der Waals surface area (Å²) < 4.78 is 0. The van der Waals surface area contributed by atoms with Gasteiger partial charge in [-0.25, -0.2) is 0 Å². The molecule has 2 nitrogen and oxygen atoms in total. The summed E-state index contributed by atoms with van der Waals surface area (Å²) in [5.41, 5.74) is 3.18. The maximum absolute atomic E-state index is 5.30. The lowest BCUT2D eigenvalue weighted by Gasteiger charge is -2.03. The minimum Gasteiger partial charge on any atom is -0.357 e. The third-order valence-electron chi connectivity index (χ3n) is 2.88. The highest BCUT2D eigenvalue weighted by Gasteiger charge is 2.00. The first-order valence-corrected chi connectivity index (χ1v) is 6.26. The maximum atomic E-state index is 5.30. The summed E-state index contributed by atoms with van der Waals surface area (Å²) >= 11 is 0. The first-order valence-electron chi connectivity index (χ1n) is 6.26. The second kappa shape index (κ2) is 6.55. The van der Waals surface area contributed by atoms with E-state index in [2.05, 4.69) is 30.8 Å². The molecule has 0 saturated heterocycles. The van der Waals surface area contributed by atoms with Crippen LogP contribution in [0.5, 0.6) is 0 Å². The van der Waals surface area contributed by atoms with Crippen LogP contribution in [-0.4, -0.2) is 6.21 Å². The average molecular weight is 251 g/mol. The van der Waals surface area contributed by atoms with Crippen LogP contribution >= 0.6 is 0 Å². The van der Waals surface area contributed by atoms with E-state index in [0.29, 0.717) is 5.76 Å². The molecule has 0 bridgehead atoms. The van der Waals surface area contributed by atoms with Crippen LogP contribution in [-0.2, 0) is 4.84 Å². The zero-order valence-corrected chi connectivity index (χ0v) is 11.0. The van der Waals surface area contributed by atoms with E-state index >= 15 is 0 Å². The van der Waals surface area contributed by atoms with Gasteiger partial charge >= 0.3 is 0 Å². The van der Waals surface area contributed by atoms with E-state index in [0.717, 1.165) is 17.6 Å². The summed E-state index contributed by atoms with van der Waals surface area (Å²) in [6.45, 7) is 5.93. The third kappa shape index (κ3) is 3.81. The van der Waals surface area contributed by atoms with Gasteiger partial charge in [-0.2, -0.15) is 0 Å². The molecule has 0 unspecified atom stereocenters.